The van der Waals surface area contributed by atoms with Gasteiger partial charge in [0.1, 0.15) is 5.82 Å². The van der Waals surface area contributed by atoms with Crippen molar-refractivity contribution in [2.75, 3.05) is 18.0 Å². The third kappa shape index (κ3) is 2.52. The van der Waals surface area contributed by atoms with Gasteiger partial charge in [-0.05, 0) is 55.5 Å². The van der Waals surface area contributed by atoms with Gasteiger partial charge in [0.25, 0.3) is 0 Å². The van der Waals surface area contributed by atoms with Gasteiger partial charge in [0, 0.05) is 30.1 Å². The van der Waals surface area contributed by atoms with Crippen LogP contribution in [0, 0.1) is 31.5 Å². The molecule has 3 aromatic heterocycles. The molecule has 3 atom stereocenters. The second-order valence-corrected chi connectivity index (χ2v) is 8.27. The van der Waals surface area contributed by atoms with Crippen molar-refractivity contribution >= 4 is 22.4 Å². The number of aryl methyl sites for hydroxylation is 2. The average Bonchev–Trinajstić information content (AvgIpc) is 3.05. The molecule has 6 rings (SSSR count). The third-order valence-corrected chi connectivity index (χ3v) is 6.25. The molecule has 8 heteroatoms. The molecule has 1 unspecified atom stereocenters. The molecule has 4 heterocycles. The van der Waals surface area contributed by atoms with Gasteiger partial charge < -0.3 is 10.6 Å². The van der Waals surface area contributed by atoms with Crippen molar-refractivity contribution in [3.8, 4) is 11.3 Å². The molecule has 4 aromatic rings. The number of anilines is 1. The maximum atomic E-state index is 15.0. The molecular weight excluding hydrogens is 369 g/mol. The van der Waals surface area contributed by atoms with Crippen LogP contribution < -0.4 is 10.6 Å². The number of nitrogens with zero attached hydrogens (tertiary/aromatic N) is 6. The number of piperidine rings is 1. The number of hydrogen-bond acceptors (Lipinski definition) is 6. The van der Waals surface area contributed by atoms with Crippen molar-refractivity contribution in [3.05, 3.63) is 47.5 Å². The lowest BCUT2D eigenvalue weighted by molar-refractivity contribution is 0.639. The van der Waals surface area contributed by atoms with E-state index in [0.29, 0.717) is 45.9 Å². The summed E-state index contributed by atoms with van der Waals surface area (Å²) in [5.74, 6) is 1.47. The minimum atomic E-state index is -0.323. The highest BCUT2D eigenvalue weighted by Gasteiger charge is 2.53. The first-order chi connectivity index (χ1) is 14.0. The van der Waals surface area contributed by atoms with Crippen LogP contribution in [0.25, 0.3) is 27.8 Å². The van der Waals surface area contributed by atoms with E-state index in [1.54, 1.807) is 10.6 Å². The first-order valence-corrected chi connectivity index (χ1v) is 9.79. The largest absolute Gasteiger partial charge is 0.354 e. The van der Waals surface area contributed by atoms with Crippen LogP contribution in [-0.2, 0) is 0 Å². The lowest BCUT2D eigenvalue weighted by atomic mass is 10.1. The quantitative estimate of drug-likeness (QED) is 0.567. The highest BCUT2D eigenvalue weighted by atomic mass is 19.1. The lowest BCUT2D eigenvalue weighted by Crippen LogP contribution is -2.28. The minimum absolute atomic E-state index is 0.312. The standard InChI is InChI=1S/C21H20FN7/c1-10-3-17(27-29-7-11(2)24-21(10)29)12-4-16(22)13-6-19(26-25-18(13)5-12)28-8-14-15(9-28)20(14)23/h3-7,14-15,20H,8-9,23H2,1-2H3/t14-,15+,20?. The van der Waals surface area contributed by atoms with Crippen LogP contribution in [0.2, 0.25) is 0 Å². The number of halogens is 1. The number of aromatic nitrogens is 5. The van der Waals surface area contributed by atoms with Crippen LogP contribution in [0.5, 0.6) is 0 Å². The fourth-order valence-electron chi connectivity index (χ4n) is 4.54. The number of nitrogens with two attached hydrogens (primary N) is 1. The van der Waals surface area contributed by atoms with Crippen LogP contribution in [0.4, 0.5) is 10.2 Å². The van der Waals surface area contributed by atoms with E-state index in [1.165, 1.54) is 6.07 Å². The van der Waals surface area contributed by atoms with E-state index in [4.69, 9.17) is 5.73 Å². The monoisotopic (exact) mass is 389 g/mol. The molecule has 2 aliphatic rings. The third-order valence-electron chi connectivity index (χ3n) is 6.25. The molecule has 146 valence electrons. The minimum Gasteiger partial charge on any atom is -0.354 e. The van der Waals surface area contributed by atoms with Gasteiger partial charge in [-0.25, -0.2) is 13.9 Å². The number of benzene rings is 1. The van der Waals surface area contributed by atoms with E-state index in [2.05, 4.69) is 25.2 Å². The van der Waals surface area contributed by atoms with Gasteiger partial charge >= 0.3 is 0 Å². The summed E-state index contributed by atoms with van der Waals surface area (Å²) in [5.41, 5.74) is 10.6. The zero-order valence-electron chi connectivity index (χ0n) is 16.2. The Hall–Kier alpha value is -3.13. The van der Waals surface area contributed by atoms with Crippen molar-refractivity contribution in [3.63, 3.8) is 0 Å². The average molecular weight is 389 g/mol. The van der Waals surface area contributed by atoms with E-state index in [9.17, 15) is 0 Å². The predicted molar refractivity (Wildman–Crippen MR) is 108 cm³/mol. The summed E-state index contributed by atoms with van der Waals surface area (Å²) < 4.78 is 16.7. The fraction of sp³-hybridized carbons (Fsp3) is 0.333. The highest BCUT2D eigenvalue weighted by Crippen LogP contribution is 2.45. The number of imidazole rings is 1. The predicted octanol–water partition coefficient (Wildman–Crippen LogP) is 2.49. The second-order valence-electron chi connectivity index (χ2n) is 8.27. The Labute approximate surface area is 166 Å². The topological polar surface area (TPSA) is 85.2 Å². The molecule has 2 N–H and O–H groups in total. The molecule has 0 radical (unpaired) electrons. The van der Waals surface area contributed by atoms with E-state index in [-0.39, 0.29) is 5.82 Å². The molecule has 0 spiro atoms. The van der Waals surface area contributed by atoms with E-state index in [1.807, 2.05) is 32.2 Å². The van der Waals surface area contributed by atoms with E-state index < -0.39 is 0 Å². The van der Waals surface area contributed by atoms with Crippen molar-refractivity contribution in [1.82, 2.24) is 24.8 Å². The summed E-state index contributed by atoms with van der Waals surface area (Å²) in [6.45, 7) is 5.65. The smallest absolute Gasteiger partial charge is 0.156 e. The molecule has 2 fully saturated rings. The maximum Gasteiger partial charge on any atom is 0.156 e. The molecule has 1 saturated heterocycles. The summed E-state index contributed by atoms with van der Waals surface area (Å²) in [5, 5.41) is 13.7. The van der Waals surface area contributed by atoms with Gasteiger partial charge in [-0.3, -0.25) is 0 Å². The molecule has 1 saturated carbocycles. The summed E-state index contributed by atoms with van der Waals surface area (Å²) >= 11 is 0. The Bertz CT molecular complexity index is 1290. The van der Waals surface area contributed by atoms with Crippen LogP contribution in [0.1, 0.15) is 11.3 Å². The van der Waals surface area contributed by atoms with Crippen molar-refractivity contribution in [2.24, 2.45) is 17.6 Å². The molecule has 29 heavy (non-hydrogen) atoms. The first-order valence-electron chi connectivity index (χ1n) is 9.79. The normalized spacial score (nSPS) is 23.2. The molecule has 0 bridgehead atoms. The van der Waals surface area contributed by atoms with Crippen LogP contribution in [-0.4, -0.2) is 43.9 Å². The van der Waals surface area contributed by atoms with Crippen LogP contribution >= 0.6 is 0 Å². The highest BCUT2D eigenvalue weighted by molar-refractivity contribution is 5.85. The van der Waals surface area contributed by atoms with E-state index in [0.717, 1.165) is 30.0 Å². The Morgan fingerprint density at radius 1 is 1.07 bits per heavy atom. The maximum absolute atomic E-state index is 15.0. The zero-order chi connectivity index (χ0) is 19.9. The number of rotatable bonds is 2. The summed E-state index contributed by atoms with van der Waals surface area (Å²) in [4.78, 5) is 6.62. The molecule has 7 nitrogen and oxygen atoms in total. The molecule has 1 aliphatic heterocycles. The SMILES string of the molecule is Cc1cn2nc(-c3cc(F)c4cc(N5C[C@@H]6C(N)[C@@H]6C5)nnc4c3)cc(C)c2n1. The summed E-state index contributed by atoms with van der Waals surface area (Å²) in [7, 11) is 0. The van der Waals surface area contributed by atoms with Gasteiger partial charge in [-0.1, -0.05) is 0 Å². The molecule has 1 aliphatic carbocycles. The Morgan fingerprint density at radius 3 is 2.66 bits per heavy atom. The van der Waals surface area contributed by atoms with Crippen LogP contribution in [0.15, 0.2) is 30.5 Å². The van der Waals surface area contributed by atoms with Crippen molar-refractivity contribution < 1.29 is 4.39 Å². The fourth-order valence-corrected chi connectivity index (χ4v) is 4.54. The Kier molecular flexibility index (Phi) is 3.30. The van der Waals surface area contributed by atoms with Gasteiger partial charge in [-0.2, -0.15) is 5.10 Å². The number of fused-ring (bicyclic) bond motifs is 3. The number of hydrogen-bond donors (Lipinski definition) is 1. The zero-order valence-corrected chi connectivity index (χ0v) is 16.2. The molecular formula is C21H20FN7. The van der Waals surface area contributed by atoms with Gasteiger partial charge in [0.15, 0.2) is 11.5 Å². The second kappa shape index (κ2) is 5.70. The van der Waals surface area contributed by atoms with Gasteiger partial charge in [0.2, 0.25) is 0 Å². The van der Waals surface area contributed by atoms with Crippen LogP contribution in [0.3, 0.4) is 0 Å². The Morgan fingerprint density at radius 2 is 1.86 bits per heavy atom. The van der Waals surface area contributed by atoms with Gasteiger partial charge in [-0.15, -0.1) is 10.2 Å². The Balaban J connectivity index is 1.41. The van der Waals surface area contributed by atoms with Crippen molar-refractivity contribution in [1.29, 1.82) is 0 Å². The van der Waals surface area contributed by atoms with Gasteiger partial charge in [0.05, 0.1) is 23.1 Å². The molecule has 1 aromatic carbocycles. The first kappa shape index (κ1) is 16.8. The van der Waals surface area contributed by atoms with E-state index >= 15 is 4.39 Å². The summed E-state index contributed by atoms with van der Waals surface area (Å²) in [6, 6.07) is 7.38. The summed E-state index contributed by atoms with van der Waals surface area (Å²) in [6.07, 6.45) is 1.86. The lowest BCUT2D eigenvalue weighted by Gasteiger charge is -2.19. The molecule has 0 amide bonds. The van der Waals surface area contributed by atoms with Crippen molar-refractivity contribution in [2.45, 2.75) is 19.9 Å².